The van der Waals surface area contributed by atoms with Gasteiger partial charge in [-0.25, -0.2) is 0 Å². The van der Waals surface area contributed by atoms with E-state index in [1.807, 2.05) is 6.07 Å². The van der Waals surface area contributed by atoms with Crippen molar-refractivity contribution in [3.8, 4) is 22.6 Å². The number of rotatable bonds is 4. The van der Waals surface area contributed by atoms with E-state index < -0.39 is 0 Å². The van der Waals surface area contributed by atoms with Gasteiger partial charge in [0.2, 0.25) is 16.7 Å². The molecule has 0 aliphatic carbocycles. The summed E-state index contributed by atoms with van der Waals surface area (Å²) in [6.45, 7) is 0. The van der Waals surface area contributed by atoms with Crippen LogP contribution in [-0.4, -0.2) is 21.2 Å². The molecule has 0 saturated heterocycles. The first-order chi connectivity index (χ1) is 15.2. The maximum atomic E-state index is 5.87. The van der Waals surface area contributed by atoms with E-state index in [2.05, 4.69) is 115 Å². The molecule has 3 nitrogen and oxygen atoms in total. The minimum Gasteiger partial charge on any atom is -0.496 e. The molecule has 0 saturated carbocycles. The SMILES string of the molecule is COc1cccc2c1c(-c1ccccc1)c1ccc(N(C)C)cc1[n+]2-c1ccccc1. The van der Waals surface area contributed by atoms with Crippen LogP contribution in [0.25, 0.3) is 38.6 Å². The van der Waals surface area contributed by atoms with E-state index in [9.17, 15) is 0 Å². The Labute approximate surface area is 182 Å². The molecule has 152 valence electrons. The standard InChI is InChI=1S/C28H25N2O/c1-29(2)22-17-18-23-25(19-22)30(21-13-8-5-9-14-21)24-15-10-16-26(31-3)28(24)27(23)20-11-6-4-7-12-20/h4-19H,1-3H3/q+1. The molecule has 0 bridgehead atoms. The summed E-state index contributed by atoms with van der Waals surface area (Å²) < 4.78 is 8.21. The lowest BCUT2D eigenvalue weighted by Crippen LogP contribution is -2.33. The molecule has 5 rings (SSSR count). The van der Waals surface area contributed by atoms with Crippen molar-refractivity contribution in [1.29, 1.82) is 0 Å². The molecule has 0 unspecified atom stereocenters. The van der Waals surface area contributed by atoms with E-state index in [0.29, 0.717) is 0 Å². The van der Waals surface area contributed by atoms with Crippen LogP contribution in [0.15, 0.2) is 97.1 Å². The lowest BCUT2D eigenvalue weighted by Gasteiger charge is -2.17. The number of benzene rings is 4. The fourth-order valence-electron chi connectivity index (χ4n) is 4.35. The van der Waals surface area contributed by atoms with Crippen LogP contribution in [0.5, 0.6) is 5.75 Å². The van der Waals surface area contributed by atoms with Gasteiger partial charge in [-0.3, -0.25) is 0 Å². The second kappa shape index (κ2) is 7.77. The molecule has 0 radical (unpaired) electrons. The number of pyridine rings is 1. The van der Waals surface area contributed by atoms with Crippen molar-refractivity contribution in [2.24, 2.45) is 0 Å². The molecule has 0 aliphatic heterocycles. The fourth-order valence-corrected chi connectivity index (χ4v) is 4.35. The third-order valence-electron chi connectivity index (χ3n) is 5.80. The molecule has 5 aromatic rings. The van der Waals surface area contributed by atoms with Gasteiger partial charge in [-0.2, -0.15) is 4.57 Å². The molecule has 0 spiro atoms. The summed E-state index contributed by atoms with van der Waals surface area (Å²) in [6, 6.07) is 34.1. The van der Waals surface area contributed by atoms with Gasteiger partial charge >= 0.3 is 0 Å². The van der Waals surface area contributed by atoms with Crippen molar-refractivity contribution >= 4 is 27.5 Å². The number of ether oxygens (including phenoxy) is 1. The molecule has 0 amide bonds. The van der Waals surface area contributed by atoms with Gasteiger partial charge in [0.15, 0.2) is 0 Å². The molecular weight excluding hydrogens is 380 g/mol. The van der Waals surface area contributed by atoms with Gasteiger partial charge < -0.3 is 9.64 Å². The average Bonchev–Trinajstić information content (AvgIpc) is 2.82. The Morgan fingerprint density at radius 3 is 2.10 bits per heavy atom. The predicted octanol–water partition coefficient (Wildman–Crippen LogP) is 6.01. The van der Waals surface area contributed by atoms with Gasteiger partial charge in [0, 0.05) is 49.6 Å². The van der Waals surface area contributed by atoms with Crippen molar-refractivity contribution in [3.05, 3.63) is 97.1 Å². The van der Waals surface area contributed by atoms with Gasteiger partial charge in [0.05, 0.1) is 17.9 Å². The van der Waals surface area contributed by atoms with Crippen LogP contribution in [0.3, 0.4) is 0 Å². The van der Waals surface area contributed by atoms with Crippen LogP contribution in [0.1, 0.15) is 0 Å². The molecule has 0 N–H and O–H groups in total. The van der Waals surface area contributed by atoms with Crippen LogP contribution in [0.4, 0.5) is 5.69 Å². The highest BCUT2D eigenvalue weighted by Crippen LogP contribution is 2.40. The summed E-state index contributed by atoms with van der Waals surface area (Å²) in [6.07, 6.45) is 0. The van der Waals surface area contributed by atoms with Gasteiger partial charge in [0.25, 0.3) is 0 Å². The maximum Gasteiger partial charge on any atom is 0.223 e. The van der Waals surface area contributed by atoms with Crippen molar-refractivity contribution in [1.82, 2.24) is 0 Å². The van der Waals surface area contributed by atoms with Crippen LogP contribution in [0, 0.1) is 0 Å². The lowest BCUT2D eigenvalue weighted by molar-refractivity contribution is -0.537. The molecule has 0 aliphatic rings. The Hall–Kier alpha value is -3.85. The van der Waals surface area contributed by atoms with E-state index in [1.165, 1.54) is 22.2 Å². The minimum absolute atomic E-state index is 0.875. The largest absolute Gasteiger partial charge is 0.496 e. The quantitative estimate of drug-likeness (QED) is 0.269. The van der Waals surface area contributed by atoms with Crippen molar-refractivity contribution in [3.63, 3.8) is 0 Å². The number of nitrogens with zero attached hydrogens (tertiary/aromatic N) is 2. The molecule has 3 heteroatoms. The highest BCUT2D eigenvalue weighted by Gasteiger charge is 2.26. The molecule has 0 atom stereocenters. The monoisotopic (exact) mass is 405 g/mol. The maximum absolute atomic E-state index is 5.87. The summed E-state index contributed by atoms with van der Waals surface area (Å²) in [5.41, 5.74) is 6.95. The molecule has 0 fully saturated rings. The van der Waals surface area contributed by atoms with Crippen LogP contribution < -0.4 is 14.2 Å². The van der Waals surface area contributed by atoms with Crippen molar-refractivity contribution < 1.29 is 9.30 Å². The lowest BCUT2D eigenvalue weighted by atomic mass is 9.94. The number of methoxy groups -OCH3 is 1. The Morgan fingerprint density at radius 1 is 0.710 bits per heavy atom. The van der Waals surface area contributed by atoms with E-state index in [1.54, 1.807) is 7.11 Å². The summed E-state index contributed by atoms with van der Waals surface area (Å²) in [4.78, 5) is 2.15. The Bertz CT molecular complexity index is 1380. The minimum atomic E-state index is 0.875. The second-order valence-corrected chi connectivity index (χ2v) is 7.86. The van der Waals surface area contributed by atoms with Gasteiger partial charge in [-0.15, -0.1) is 0 Å². The van der Waals surface area contributed by atoms with Crippen LogP contribution in [0.2, 0.25) is 0 Å². The average molecular weight is 406 g/mol. The van der Waals surface area contributed by atoms with Crippen LogP contribution >= 0.6 is 0 Å². The molecular formula is C28H25N2O+. The van der Waals surface area contributed by atoms with E-state index in [4.69, 9.17) is 4.74 Å². The summed E-state index contributed by atoms with van der Waals surface area (Å²) in [7, 11) is 5.90. The number of hydrogen-bond acceptors (Lipinski definition) is 2. The predicted molar refractivity (Wildman–Crippen MR) is 129 cm³/mol. The Balaban J connectivity index is 2.06. The summed E-state index contributed by atoms with van der Waals surface area (Å²) in [5, 5.41) is 2.31. The molecule has 1 aromatic heterocycles. The summed E-state index contributed by atoms with van der Waals surface area (Å²) >= 11 is 0. The van der Waals surface area contributed by atoms with Crippen molar-refractivity contribution in [2.45, 2.75) is 0 Å². The van der Waals surface area contributed by atoms with E-state index in [0.717, 1.165) is 27.9 Å². The van der Waals surface area contributed by atoms with Crippen LogP contribution in [-0.2, 0) is 0 Å². The topological polar surface area (TPSA) is 16.4 Å². The fraction of sp³-hybridized carbons (Fsp3) is 0.107. The zero-order chi connectivity index (χ0) is 21.4. The van der Waals surface area contributed by atoms with E-state index in [-0.39, 0.29) is 0 Å². The zero-order valence-electron chi connectivity index (χ0n) is 18.0. The molecule has 31 heavy (non-hydrogen) atoms. The second-order valence-electron chi connectivity index (χ2n) is 7.86. The number of para-hydroxylation sites is 1. The summed E-state index contributed by atoms with van der Waals surface area (Å²) in [5.74, 6) is 0.875. The number of hydrogen-bond donors (Lipinski definition) is 0. The first-order valence-electron chi connectivity index (χ1n) is 10.5. The van der Waals surface area contributed by atoms with E-state index >= 15 is 0 Å². The Kier molecular flexibility index (Phi) is 4.79. The highest BCUT2D eigenvalue weighted by atomic mass is 16.5. The zero-order valence-corrected chi connectivity index (χ0v) is 18.0. The number of aromatic nitrogens is 1. The van der Waals surface area contributed by atoms with Gasteiger partial charge in [-0.05, 0) is 23.8 Å². The first-order valence-corrected chi connectivity index (χ1v) is 10.5. The smallest absolute Gasteiger partial charge is 0.223 e. The first kappa shape index (κ1) is 19.1. The molecule has 4 aromatic carbocycles. The molecule has 1 heterocycles. The number of anilines is 1. The third kappa shape index (κ3) is 3.19. The highest BCUT2D eigenvalue weighted by molar-refractivity contribution is 6.10. The number of fused-ring (bicyclic) bond motifs is 2. The third-order valence-corrected chi connectivity index (χ3v) is 5.80. The van der Waals surface area contributed by atoms with Gasteiger partial charge in [0.1, 0.15) is 5.75 Å². The van der Waals surface area contributed by atoms with Gasteiger partial charge in [-0.1, -0.05) is 54.6 Å². The normalized spacial score (nSPS) is 11.1. The van der Waals surface area contributed by atoms with Crippen molar-refractivity contribution in [2.75, 3.05) is 26.1 Å². The Morgan fingerprint density at radius 2 is 1.42 bits per heavy atom.